The van der Waals surface area contributed by atoms with Crippen molar-refractivity contribution in [2.24, 2.45) is 0 Å². The molecule has 4 atom stereocenters. The molecule has 0 radical (unpaired) electrons. The van der Waals surface area contributed by atoms with Crippen LogP contribution in [-0.4, -0.2) is 66.4 Å². The van der Waals surface area contributed by atoms with Gasteiger partial charge in [-0.25, -0.2) is 4.98 Å². The number of aliphatic hydroxyl groups excluding tert-OH is 1. The number of nitrogens with one attached hydrogen (secondary N) is 2. The van der Waals surface area contributed by atoms with Gasteiger partial charge in [0.25, 0.3) is 0 Å². The summed E-state index contributed by atoms with van der Waals surface area (Å²) >= 11 is 1.52. The molecule has 0 aliphatic carbocycles. The molecule has 3 N–H and O–H groups in total. The van der Waals surface area contributed by atoms with Crippen molar-refractivity contribution in [1.82, 2.24) is 30.0 Å². The summed E-state index contributed by atoms with van der Waals surface area (Å²) < 4.78 is 0. The Morgan fingerprint density at radius 2 is 2.04 bits per heavy atom. The Labute approximate surface area is 165 Å². The minimum Gasteiger partial charge on any atom is -0.390 e. The molecule has 0 saturated carbocycles. The molecule has 3 aromatic heterocycles. The van der Waals surface area contributed by atoms with E-state index in [1.807, 2.05) is 0 Å². The Bertz CT molecular complexity index is 1020. The molecule has 146 valence electrons. The molecule has 6 heterocycles. The van der Waals surface area contributed by atoms with Gasteiger partial charge in [-0.3, -0.25) is 10.00 Å². The largest absolute Gasteiger partial charge is 0.390 e. The molecule has 0 aromatic carbocycles. The van der Waals surface area contributed by atoms with Crippen LogP contribution in [0.2, 0.25) is 0 Å². The first-order chi connectivity index (χ1) is 13.7. The molecule has 1 unspecified atom stereocenters. The van der Waals surface area contributed by atoms with Gasteiger partial charge in [0.15, 0.2) is 16.5 Å². The highest BCUT2D eigenvalue weighted by molar-refractivity contribution is 7.16. The number of H-pyrrole nitrogens is 1. The van der Waals surface area contributed by atoms with E-state index in [0.717, 1.165) is 34.4 Å². The number of hydrogen-bond donors (Lipinski definition) is 3. The molecule has 3 aliphatic heterocycles. The first-order valence-corrected chi connectivity index (χ1v) is 10.6. The summed E-state index contributed by atoms with van der Waals surface area (Å²) in [5.74, 6) is 1.98. The number of rotatable bonds is 5. The first kappa shape index (κ1) is 16.6. The van der Waals surface area contributed by atoms with E-state index >= 15 is 0 Å². The molecule has 0 amide bonds. The highest BCUT2D eigenvalue weighted by Crippen LogP contribution is 2.49. The Morgan fingerprint density at radius 1 is 1.25 bits per heavy atom. The van der Waals surface area contributed by atoms with Gasteiger partial charge in [-0.1, -0.05) is 0 Å². The lowest BCUT2D eigenvalue weighted by molar-refractivity contribution is -0.148. The number of piperidine rings is 2. The van der Waals surface area contributed by atoms with Crippen molar-refractivity contribution < 1.29 is 5.11 Å². The number of fused-ring (bicyclic) bond motifs is 1. The van der Waals surface area contributed by atoms with Crippen LogP contribution in [0.4, 0.5) is 17.6 Å². The van der Waals surface area contributed by atoms with Crippen LogP contribution in [0.5, 0.6) is 0 Å². The molecule has 0 bridgehead atoms. The van der Waals surface area contributed by atoms with Gasteiger partial charge >= 0.3 is 0 Å². The van der Waals surface area contributed by atoms with E-state index in [1.54, 1.807) is 11.6 Å². The third kappa shape index (κ3) is 2.44. The molecule has 9 nitrogen and oxygen atoms in total. The van der Waals surface area contributed by atoms with Crippen LogP contribution in [0.3, 0.4) is 0 Å². The summed E-state index contributed by atoms with van der Waals surface area (Å²) in [6.07, 6.45) is 5.09. The second-order valence-corrected chi connectivity index (χ2v) is 8.89. The third-order valence-electron chi connectivity index (χ3n) is 6.54. The summed E-state index contributed by atoms with van der Waals surface area (Å²) in [6.45, 7) is -0.0829. The van der Waals surface area contributed by atoms with Gasteiger partial charge in [-0.15, -0.1) is 11.3 Å². The van der Waals surface area contributed by atoms with Crippen LogP contribution < -0.4 is 10.2 Å². The number of anilines is 3. The topological polar surface area (TPSA) is 106 Å². The van der Waals surface area contributed by atoms with Gasteiger partial charge in [-0.05, 0) is 25.7 Å². The second-order valence-electron chi connectivity index (χ2n) is 8.06. The lowest BCUT2D eigenvalue weighted by Gasteiger charge is -2.66. The SMILES string of the molecule is CN(c1nc(Nc2cc(CO)[nH]n2)c2ncsc2n1)[C@@H]1C[C@H]2CC3C[C@@H](C1)N32. The molecule has 3 aliphatic rings. The van der Waals surface area contributed by atoms with E-state index in [2.05, 4.69) is 37.3 Å². The van der Waals surface area contributed by atoms with Crippen LogP contribution in [0.15, 0.2) is 11.6 Å². The van der Waals surface area contributed by atoms with Crippen molar-refractivity contribution in [2.75, 3.05) is 17.3 Å². The fraction of sp³-hybridized carbons (Fsp3) is 0.556. The summed E-state index contributed by atoms with van der Waals surface area (Å²) in [4.78, 5) is 19.8. The van der Waals surface area contributed by atoms with Crippen molar-refractivity contribution in [3.05, 3.63) is 17.3 Å². The zero-order valence-corrected chi connectivity index (χ0v) is 16.4. The van der Waals surface area contributed by atoms with Crippen LogP contribution in [0.25, 0.3) is 10.3 Å². The van der Waals surface area contributed by atoms with Crippen molar-refractivity contribution in [1.29, 1.82) is 0 Å². The second kappa shape index (κ2) is 6.10. The normalized spacial score (nSPS) is 28.5. The summed E-state index contributed by atoms with van der Waals surface area (Å²) in [5, 5.41) is 19.4. The van der Waals surface area contributed by atoms with E-state index in [4.69, 9.17) is 9.97 Å². The van der Waals surface area contributed by atoms with Crippen molar-refractivity contribution in [3.63, 3.8) is 0 Å². The summed E-state index contributed by atoms with van der Waals surface area (Å²) in [7, 11) is 2.11. The van der Waals surface area contributed by atoms with Gasteiger partial charge in [0, 0.05) is 37.3 Å². The predicted molar refractivity (Wildman–Crippen MR) is 107 cm³/mol. The number of hydrogen-bond acceptors (Lipinski definition) is 9. The molecule has 3 saturated heterocycles. The average Bonchev–Trinajstić information content (AvgIpc) is 3.31. The van der Waals surface area contributed by atoms with Crippen LogP contribution in [-0.2, 0) is 6.61 Å². The smallest absolute Gasteiger partial charge is 0.228 e. The van der Waals surface area contributed by atoms with E-state index in [-0.39, 0.29) is 6.61 Å². The fourth-order valence-corrected chi connectivity index (χ4v) is 5.75. The molecule has 6 rings (SSSR count). The number of aliphatic hydroxyl groups is 1. The van der Waals surface area contributed by atoms with Crippen molar-refractivity contribution in [3.8, 4) is 0 Å². The Hall–Kier alpha value is -2.30. The lowest BCUT2D eigenvalue weighted by Crippen LogP contribution is -2.74. The molecular weight excluding hydrogens is 376 g/mol. The van der Waals surface area contributed by atoms with E-state index in [0.29, 0.717) is 23.4 Å². The van der Waals surface area contributed by atoms with Gasteiger partial charge in [0.2, 0.25) is 5.95 Å². The molecule has 0 spiro atoms. The van der Waals surface area contributed by atoms with Gasteiger partial charge in [-0.2, -0.15) is 15.1 Å². The van der Waals surface area contributed by atoms with E-state index in [9.17, 15) is 5.11 Å². The minimum absolute atomic E-state index is 0.0829. The van der Waals surface area contributed by atoms with Crippen molar-refractivity contribution in [2.45, 2.75) is 56.5 Å². The van der Waals surface area contributed by atoms with Gasteiger partial charge < -0.3 is 15.3 Å². The molecule has 10 heteroatoms. The van der Waals surface area contributed by atoms with Gasteiger partial charge in [0.05, 0.1) is 17.8 Å². The molecule has 3 fully saturated rings. The highest BCUT2D eigenvalue weighted by Gasteiger charge is 2.55. The van der Waals surface area contributed by atoms with Gasteiger partial charge in [0.1, 0.15) is 5.52 Å². The van der Waals surface area contributed by atoms with Crippen LogP contribution >= 0.6 is 11.3 Å². The zero-order valence-electron chi connectivity index (χ0n) is 15.5. The summed E-state index contributed by atoms with van der Waals surface area (Å²) in [5.41, 5.74) is 3.18. The maximum Gasteiger partial charge on any atom is 0.228 e. The van der Waals surface area contributed by atoms with Crippen LogP contribution in [0.1, 0.15) is 31.4 Å². The molecular formula is C18H22N8OS. The highest BCUT2D eigenvalue weighted by atomic mass is 32.1. The molecule has 3 aromatic rings. The molecule has 28 heavy (non-hydrogen) atoms. The third-order valence-corrected chi connectivity index (χ3v) is 7.26. The number of aromatic nitrogens is 5. The van der Waals surface area contributed by atoms with Crippen molar-refractivity contribution >= 4 is 39.3 Å². The average molecular weight is 398 g/mol. The fourth-order valence-electron chi connectivity index (χ4n) is 5.09. The number of aromatic amines is 1. The standard InChI is InChI=1S/C18H22N8OS/c1-25(10-3-11-5-13-6-12(4-10)26(11)13)18-21-16(15-17(22-18)28-8-19-15)20-14-2-9(7-27)23-24-14/h2,8,10-13,27H,3-7H2,1H3,(H2,20,21,22,23,24)/t10-,11+,12-,13?. The zero-order chi connectivity index (χ0) is 18.8. The Balaban J connectivity index is 1.30. The maximum atomic E-state index is 9.24. The van der Waals surface area contributed by atoms with E-state index < -0.39 is 0 Å². The first-order valence-electron chi connectivity index (χ1n) is 9.73. The number of thiazole rings is 1. The Morgan fingerprint density at radius 3 is 2.75 bits per heavy atom. The number of nitrogens with zero attached hydrogens (tertiary/aromatic N) is 6. The monoisotopic (exact) mass is 398 g/mol. The lowest BCUT2D eigenvalue weighted by atomic mass is 9.68. The quantitative estimate of drug-likeness (QED) is 0.598. The van der Waals surface area contributed by atoms with Crippen LogP contribution in [0, 0.1) is 0 Å². The summed E-state index contributed by atoms with van der Waals surface area (Å²) in [6, 6.07) is 4.60. The maximum absolute atomic E-state index is 9.24. The Kier molecular flexibility index (Phi) is 3.62. The minimum atomic E-state index is -0.0829. The van der Waals surface area contributed by atoms with E-state index in [1.165, 1.54) is 37.0 Å². The predicted octanol–water partition coefficient (Wildman–Crippen LogP) is 1.86.